The molecule has 1 amide bonds. The highest BCUT2D eigenvalue weighted by Gasteiger charge is 2.11. The van der Waals surface area contributed by atoms with E-state index in [1.165, 1.54) is 11.3 Å². The second kappa shape index (κ2) is 8.87. The lowest BCUT2D eigenvalue weighted by atomic mass is 10.2. The van der Waals surface area contributed by atoms with E-state index in [0.717, 1.165) is 29.1 Å². The van der Waals surface area contributed by atoms with E-state index in [0.29, 0.717) is 10.6 Å². The number of hydrogen-bond acceptors (Lipinski definition) is 4. The number of aromatic nitrogens is 1. The molecule has 2 rings (SSSR count). The molecule has 1 heterocycles. The van der Waals surface area contributed by atoms with Crippen molar-refractivity contribution in [3.05, 3.63) is 39.8 Å². The summed E-state index contributed by atoms with van der Waals surface area (Å²) in [4.78, 5) is 17.0. The summed E-state index contributed by atoms with van der Waals surface area (Å²) in [6.07, 6.45) is 3.57. The Kier molecular flexibility index (Phi) is 8.32. The minimum absolute atomic E-state index is 0. The maximum atomic E-state index is 12.1. The Hall–Kier alpha value is -1.30. The van der Waals surface area contributed by atoms with Gasteiger partial charge in [0.15, 0.2) is 0 Å². The number of hydrogen-bond donors (Lipinski definition) is 2. The Morgan fingerprint density at radius 3 is 2.76 bits per heavy atom. The predicted molar refractivity (Wildman–Crippen MR) is 94.1 cm³/mol. The fraction of sp³-hybridized carbons (Fsp3) is 0.286. The molecule has 2 aromatic rings. The van der Waals surface area contributed by atoms with E-state index in [-0.39, 0.29) is 30.7 Å². The zero-order valence-electron chi connectivity index (χ0n) is 11.9. The van der Waals surface area contributed by atoms with Crippen LogP contribution in [0.5, 0.6) is 0 Å². The zero-order valence-corrected chi connectivity index (χ0v) is 14.3. The molecule has 4 nitrogen and oxygen atoms in total. The number of carbonyl (C=O) groups excluding carboxylic acids is 1. The third-order valence-electron chi connectivity index (χ3n) is 2.75. The molecule has 0 aliphatic heterocycles. The van der Waals surface area contributed by atoms with Crippen molar-refractivity contribution in [2.45, 2.75) is 26.7 Å². The lowest BCUT2D eigenvalue weighted by Crippen LogP contribution is -2.11. The Bertz CT molecular complexity index is 602. The molecule has 0 saturated heterocycles. The Morgan fingerprint density at radius 1 is 1.38 bits per heavy atom. The molecule has 0 aliphatic rings. The first-order valence-electron chi connectivity index (χ1n) is 6.22. The minimum Gasteiger partial charge on any atom is -0.399 e. The van der Waals surface area contributed by atoms with Gasteiger partial charge in [-0.25, -0.2) is 4.98 Å². The van der Waals surface area contributed by atoms with Gasteiger partial charge in [0.25, 0.3) is 5.91 Å². The minimum atomic E-state index is -0.131. The summed E-state index contributed by atoms with van der Waals surface area (Å²) in [7, 11) is 0. The van der Waals surface area contributed by atoms with Crippen molar-refractivity contribution < 1.29 is 4.79 Å². The van der Waals surface area contributed by atoms with Crippen molar-refractivity contribution in [2.75, 3.05) is 11.1 Å². The second-order valence-electron chi connectivity index (χ2n) is 4.40. The number of nitrogen functional groups attached to an aromatic ring is 1. The molecule has 3 N–H and O–H groups in total. The van der Waals surface area contributed by atoms with Crippen LogP contribution in [0.1, 0.15) is 33.6 Å². The number of rotatable bonds is 4. The van der Waals surface area contributed by atoms with Crippen LogP contribution < -0.4 is 11.1 Å². The van der Waals surface area contributed by atoms with Crippen LogP contribution in [-0.2, 0) is 6.42 Å². The number of nitrogens with zero attached hydrogens (tertiary/aromatic N) is 1. The zero-order chi connectivity index (χ0) is 13.8. The molecular formula is C14H19Cl2N3OS. The van der Waals surface area contributed by atoms with Crippen molar-refractivity contribution in [1.82, 2.24) is 4.98 Å². The summed E-state index contributed by atoms with van der Waals surface area (Å²) in [5, 5.41) is 3.87. The van der Waals surface area contributed by atoms with E-state index in [1.807, 2.05) is 19.1 Å². The molecule has 1 aromatic carbocycles. The van der Waals surface area contributed by atoms with Gasteiger partial charge in [-0.15, -0.1) is 36.2 Å². The first-order valence-corrected chi connectivity index (χ1v) is 7.04. The van der Waals surface area contributed by atoms with Crippen molar-refractivity contribution in [3.8, 4) is 0 Å². The van der Waals surface area contributed by atoms with Crippen LogP contribution in [0.3, 0.4) is 0 Å². The standard InChI is InChI=1S/C14H17N3OS.2ClH/c1-3-4-13-16-8-12(19-13)14(18)17-11-7-10(15)6-5-9(11)2;;/h5-8H,3-4,15H2,1-2H3,(H,17,18);2*1H. The van der Waals surface area contributed by atoms with E-state index in [2.05, 4.69) is 17.2 Å². The number of nitrogens with two attached hydrogens (primary N) is 1. The predicted octanol–water partition coefficient (Wildman–Crippen LogP) is 4.08. The van der Waals surface area contributed by atoms with Crippen molar-refractivity contribution >= 4 is 53.4 Å². The van der Waals surface area contributed by atoms with Crippen LogP contribution in [0.2, 0.25) is 0 Å². The largest absolute Gasteiger partial charge is 0.399 e. The molecule has 7 heteroatoms. The number of nitrogens with one attached hydrogen (secondary N) is 1. The van der Waals surface area contributed by atoms with Crippen molar-refractivity contribution in [1.29, 1.82) is 0 Å². The van der Waals surface area contributed by atoms with Gasteiger partial charge in [0.05, 0.1) is 11.2 Å². The number of benzene rings is 1. The molecule has 0 radical (unpaired) electrons. The number of amides is 1. The number of aryl methyl sites for hydroxylation is 2. The van der Waals surface area contributed by atoms with E-state index >= 15 is 0 Å². The fourth-order valence-corrected chi connectivity index (χ4v) is 2.62. The van der Waals surface area contributed by atoms with Crippen LogP contribution in [0, 0.1) is 6.92 Å². The van der Waals surface area contributed by atoms with Gasteiger partial charge in [-0.3, -0.25) is 4.79 Å². The molecule has 116 valence electrons. The molecule has 0 atom stereocenters. The summed E-state index contributed by atoms with van der Waals surface area (Å²) in [5.74, 6) is -0.131. The van der Waals surface area contributed by atoms with Crippen LogP contribution in [0.4, 0.5) is 11.4 Å². The highest BCUT2D eigenvalue weighted by molar-refractivity contribution is 7.13. The Balaban J connectivity index is 0.00000200. The van der Waals surface area contributed by atoms with Gasteiger partial charge >= 0.3 is 0 Å². The highest BCUT2D eigenvalue weighted by Crippen LogP contribution is 2.21. The van der Waals surface area contributed by atoms with Crippen LogP contribution in [0.15, 0.2) is 24.4 Å². The number of halogens is 2. The summed E-state index contributed by atoms with van der Waals surface area (Å²) >= 11 is 1.44. The molecule has 0 bridgehead atoms. The van der Waals surface area contributed by atoms with Crippen LogP contribution in [0.25, 0.3) is 0 Å². The topological polar surface area (TPSA) is 68.0 Å². The average molecular weight is 348 g/mol. The van der Waals surface area contributed by atoms with Crippen molar-refractivity contribution in [3.63, 3.8) is 0 Å². The van der Waals surface area contributed by atoms with E-state index in [4.69, 9.17) is 5.73 Å². The summed E-state index contributed by atoms with van der Waals surface area (Å²) in [5.41, 5.74) is 8.09. The molecule has 0 spiro atoms. The first kappa shape index (κ1) is 19.7. The maximum absolute atomic E-state index is 12.1. The first-order chi connectivity index (χ1) is 9.10. The number of carbonyl (C=O) groups is 1. The van der Waals surface area contributed by atoms with Crippen molar-refractivity contribution in [2.24, 2.45) is 0 Å². The normalized spacial score (nSPS) is 9.43. The molecule has 1 aromatic heterocycles. The number of thiazole rings is 1. The van der Waals surface area contributed by atoms with Gasteiger partial charge in [-0.05, 0) is 37.5 Å². The quantitative estimate of drug-likeness (QED) is 0.818. The summed E-state index contributed by atoms with van der Waals surface area (Å²) in [6.45, 7) is 4.03. The van der Waals surface area contributed by atoms with Gasteiger partial charge in [-0.2, -0.15) is 0 Å². The smallest absolute Gasteiger partial charge is 0.267 e. The monoisotopic (exact) mass is 347 g/mol. The van der Waals surface area contributed by atoms with E-state index in [9.17, 15) is 4.79 Å². The van der Waals surface area contributed by atoms with E-state index in [1.54, 1.807) is 12.3 Å². The SMILES string of the molecule is CCCc1ncc(C(=O)Nc2cc(N)ccc2C)s1.Cl.Cl. The molecule has 0 aliphatic carbocycles. The second-order valence-corrected chi connectivity index (χ2v) is 5.51. The highest BCUT2D eigenvalue weighted by atomic mass is 35.5. The maximum Gasteiger partial charge on any atom is 0.267 e. The van der Waals surface area contributed by atoms with Crippen LogP contribution in [-0.4, -0.2) is 10.9 Å². The third-order valence-corrected chi connectivity index (χ3v) is 3.81. The van der Waals surface area contributed by atoms with Gasteiger partial charge in [0.1, 0.15) is 4.88 Å². The third kappa shape index (κ3) is 5.19. The average Bonchev–Trinajstić information content (AvgIpc) is 2.83. The number of anilines is 2. The summed E-state index contributed by atoms with van der Waals surface area (Å²) in [6, 6.07) is 5.47. The van der Waals surface area contributed by atoms with Gasteiger partial charge in [-0.1, -0.05) is 13.0 Å². The Labute approximate surface area is 141 Å². The molecule has 0 fully saturated rings. The molecule has 0 unspecified atom stereocenters. The van der Waals surface area contributed by atoms with Crippen LogP contribution >= 0.6 is 36.2 Å². The van der Waals surface area contributed by atoms with E-state index < -0.39 is 0 Å². The Morgan fingerprint density at radius 2 is 2.10 bits per heavy atom. The molecule has 21 heavy (non-hydrogen) atoms. The molecule has 0 saturated carbocycles. The van der Waals surface area contributed by atoms with Gasteiger partial charge in [0.2, 0.25) is 0 Å². The molecular weight excluding hydrogens is 329 g/mol. The lowest BCUT2D eigenvalue weighted by Gasteiger charge is -2.07. The van der Waals surface area contributed by atoms with Gasteiger partial charge < -0.3 is 11.1 Å². The lowest BCUT2D eigenvalue weighted by molar-refractivity contribution is 0.103. The fourth-order valence-electron chi connectivity index (χ4n) is 1.70. The summed E-state index contributed by atoms with van der Waals surface area (Å²) < 4.78 is 0. The van der Waals surface area contributed by atoms with Gasteiger partial charge in [0, 0.05) is 11.4 Å².